The van der Waals surface area contributed by atoms with E-state index in [9.17, 15) is 18.8 Å². The molecule has 1 aromatic rings. The van der Waals surface area contributed by atoms with Crippen molar-refractivity contribution in [2.45, 2.75) is 19.9 Å². The van der Waals surface area contributed by atoms with Crippen LogP contribution in [0.4, 0.5) is 15.8 Å². The van der Waals surface area contributed by atoms with Gasteiger partial charge >= 0.3 is 0 Å². The van der Waals surface area contributed by atoms with Crippen molar-refractivity contribution in [1.29, 1.82) is 0 Å². The molecule has 148 valence electrons. The number of nitrogens with zero attached hydrogens (tertiary/aromatic N) is 2. The lowest BCUT2D eigenvalue weighted by Crippen LogP contribution is -2.51. The molecule has 8 nitrogen and oxygen atoms in total. The third kappa shape index (κ3) is 5.24. The van der Waals surface area contributed by atoms with Gasteiger partial charge in [0.2, 0.25) is 5.91 Å². The number of nitrogens with one attached hydrogen (secondary N) is 1. The van der Waals surface area contributed by atoms with Crippen LogP contribution in [0.1, 0.15) is 13.8 Å². The average molecular weight is 380 g/mol. The first-order valence-corrected chi connectivity index (χ1v) is 8.68. The van der Waals surface area contributed by atoms with E-state index in [-0.39, 0.29) is 36.4 Å². The Hall–Kier alpha value is -2.52. The summed E-state index contributed by atoms with van der Waals surface area (Å²) in [6.45, 7) is 4.88. The molecule has 0 aliphatic carbocycles. The molecule has 1 heterocycles. The molecule has 0 radical (unpaired) electrons. The molecule has 9 heteroatoms. The average Bonchev–Trinajstić information content (AvgIpc) is 2.55. The maximum Gasteiger partial charge on any atom is 0.253 e. The third-order valence-electron chi connectivity index (χ3n) is 4.10. The summed E-state index contributed by atoms with van der Waals surface area (Å²) < 4.78 is 19.5. The van der Waals surface area contributed by atoms with Gasteiger partial charge in [-0.3, -0.25) is 19.3 Å². The number of hydrogen-bond donors (Lipinski definition) is 2. The molecule has 0 bridgehead atoms. The normalized spacial score (nSPS) is 15.9. The number of amides is 3. The van der Waals surface area contributed by atoms with Gasteiger partial charge in [-0.15, -0.1) is 0 Å². The Balaban J connectivity index is 2.14. The lowest BCUT2D eigenvalue weighted by molar-refractivity contribution is -0.132. The monoisotopic (exact) mass is 380 g/mol. The molecular weight excluding hydrogens is 355 g/mol. The lowest BCUT2D eigenvalue weighted by atomic mass is 10.1. The van der Waals surface area contributed by atoms with Crippen LogP contribution in [0, 0.1) is 11.7 Å². The van der Waals surface area contributed by atoms with Crippen LogP contribution >= 0.6 is 0 Å². The van der Waals surface area contributed by atoms with Crippen molar-refractivity contribution in [3.05, 3.63) is 24.0 Å². The van der Waals surface area contributed by atoms with E-state index in [1.165, 1.54) is 17.0 Å². The first kappa shape index (κ1) is 20.8. The van der Waals surface area contributed by atoms with Crippen LogP contribution in [0.15, 0.2) is 18.2 Å². The molecule has 0 spiro atoms. The molecular formula is C18H25FN4O4. The van der Waals surface area contributed by atoms with Crippen LogP contribution in [0.5, 0.6) is 0 Å². The van der Waals surface area contributed by atoms with Crippen molar-refractivity contribution in [2.24, 2.45) is 11.7 Å². The molecule has 1 atom stereocenters. The van der Waals surface area contributed by atoms with Crippen molar-refractivity contribution >= 4 is 29.1 Å². The fraction of sp³-hybridized carbons (Fsp3) is 0.500. The van der Waals surface area contributed by atoms with E-state index in [0.717, 1.165) is 6.07 Å². The second kappa shape index (κ2) is 8.92. The number of carbonyl (C=O) groups is 3. The number of carbonyl (C=O) groups excluding carboxylic acids is 3. The first-order chi connectivity index (χ1) is 12.7. The van der Waals surface area contributed by atoms with Gasteiger partial charge in [0.05, 0.1) is 12.3 Å². The van der Waals surface area contributed by atoms with Gasteiger partial charge in [0.1, 0.15) is 12.4 Å². The third-order valence-corrected chi connectivity index (χ3v) is 4.10. The van der Waals surface area contributed by atoms with Crippen molar-refractivity contribution < 1.29 is 23.5 Å². The van der Waals surface area contributed by atoms with Crippen molar-refractivity contribution in [2.75, 3.05) is 43.6 Å². The number of benzene rings is 1. The van der Waals surface area contributed by atoms with Crippen molar-refractivity contribution in [3.63, 3.8) is 0 Å². The number of morpholine rings is 1. The number of likely N-dealkylation sites (N-methyl/N-ethyl adjacent to an activating group) is 1. The highest BCUT2D eigenvalue weighted by Crippen LogP contribution is 2.24. The summed E-state index contributed by atoms with van der Waals surface area (Å²) in [5.74, 6) is -2.19. The van der Waals surface area contributed by atoms with E-state index in [1.807, 2.05) is 13.8 Å². The Labute approximate surface area is 157 Å². The van der Waals surface area contributed by atoms with Gasteiger partial charge in [-0.05, 0) is 31.2 Å². The van der Waals surface area contributed by atoms with Gasteiger partial charge in [-0.25, -0.2) is 4.39 Å². The highest BCUT2D eigenvalue weighted by atomic mass is 19.1. The number of nitrogens with two attached hydrogens (primary N) is 1. The van der Waals surface area contributed by atoms with Crippen LogP contribution < -0.4 is 16.0 Å². The summed E-state index contributed by atoms with van der Waals surface area (Å²) in [5, 5.41) is 2.51. The van der Waals surface area contributed by atoms with Gasteiger partial charge in [0, 0.05) is 18.8 Å². The quantitative estimate of drug-likeness (QED) is 0.673. The van der Waals surface area contributed by atoms with Gasteiger partial charge in [0.15, 0.2) is 6.04 Å². The van der Waals surface area contributed by atoms with Crippen LogP contribution in [-0.2, 0) is 19.1 Å². The van der Waals surface area contributed by atoms with Gasteiger partial charge in [-0.2, -0.15) is 0 Å². The maximum atomic E-state index is 14.5. The van der Waals surface area contributed by atoms with E-state index in [4.69, 9.17) is 10.5 Å². The van der Waals surface area contributed by atoms with Crippen LogP contribution in [-0.4, -0.2) is 62.0 Å². The number of halogens is 1. The standard InChI is InChI=1S/C18H25FN4O4/c1-11(2)9-22(3)16(17(20)25)18(26)21-12-4-5-14(13(19)8-12)23-6-7-27-10-15(23)24/h4-5,8,11,16H,6-7,9-10H2,1-3H3,(H2,20,25)(H,21,26)/t16-/m0/s1. The number of rotatable bonds is 7. The number of hydrogen-bond acceptors (Lipinski definition) is 5. The van der Waals surface area contributed by atoms with Crippen LogP contribution in [0.3, 0.4) is 0 Å². The van der Waals surface area contributed by atoms with Crippen LogP contribution in [0.2, 0.25) is 0 Å². The van der Waals surface area contributed by atoms with Gasteiger partial charge in [0.25, 0.3) is 11.8 Å². The molecule has 1 aliphatic heterocycles. The van der Waals surface area contributed by atoms with E-state index in [1.54, 1.807) is 11.9 Å². The molecule has 0 unspecified atom stereocenters. The van der Waals surface area contributed by atoms with Gasteiger partial charge in [-0.1, -0.05) is 13.8 Å². The minimum atomic E-state index is -1.17. The smallest absolute Gasteiger partial charge is 0.253 e. The highest BCUT2D eigenvalue weighted by molar-refractivity contribution is 6.09. The zero-order valence-corrected chi connectivity index (χ0v) is 15.7. The maximum absolute atomic E-state index is 14.5. The molecule has 1 saturated heterocycles. The Morgan fingerprint density at radius 2 is 2.11 bits per heavy atom. The molecule has 1 aromatic carbocycles. The summed E-state index contributed by atoms with van der Waals surface area (Å²) in [5.41, 5.74) is 5.65. The second-order valence-electron chi connectivity index (χ2n) is 6.89. The summed E-state index contributed by atoms with van der Waals surface area (Å²) in [4.78, 5) is 38.9. The number of primary amides is 1. The van der Waals surface area contributed by atoms with E-state index >= 15 is 0 Å². The number of anilines is 2. The fourth-order valence-corrected chi connectivity index (χ4v) is 3.01. The Morgan fingerprint density at radius 3 is 2.67 bits per heavy atom. The van der Waals surface area contributed by atoms with E-state index < -0.39 is 23.7 Å². The van der Waals surface area contributed by atoms with E-state index in [2.05, 4.69) is 5.32 Å². The van der Waals surface area contributed by atoms with Crippen molar-refractivity contribution in [3.8, 4) is 0 Å². The molecule has 27 heavy (non-hydrogen) atoms. The molecule has 3 N–H and O–H groups in total. The summed E-state index contributed by atoms with van der Waals surface area (Å²) in [6.07, 6.45) is 0. The minimum Gasteiger partial charge on any atom is -0.370 e. The largest absolute Gasteiger partial charge is 0.370 e. The predicted octanol–water partition coefficient (Wildman–Crippen LogP) is 0.569. The molecule has 0 aromatic heterocycles. The molecule has 3 amide bonds. The Kier molecular flexibility index (Phi) is 6.86. The molecule has 2 rings (SSSR count). The lowest BCUT2D eigenvalue weighted by Gasteiger charge is -2.28. The highest BCUT2D eigenvalue weighted by Gasteiger charge is 2.29. The summed E-state index contributed by atoms with van der Waals surface area (Å²) >= 11 is 0. The minimum absolute atomic E-state index is 0.0968. The summed E-state index contributed by atoms with van der Waals surface area (Å²) in [7, 11) is 1.63. The number of ether oxygens (including phenoxy) is 1. The SMILES string of the molecule is CC(C)CN(C)[C@@H](C(N)=O)C(=O)Nc1ccc(N2CCOCC2=O)c(F)c1. The van der Waals surface area contributed by atoms with Crippen molar-refractivity contribution in [1.82, 2.24) is 4.90 Å². The fourth-order valence-electron chi connectivity index (χ4n) is 3.01. The predicted molar refractivity (Wildman–Crippen MR) is 98.7 cm³/mol. The van der Waals surface area contributed by atoms with E-state index in [0.29, 0.717) is 13.2 Å². The second-order valence-corrected chi connectivity index (χ2v) is 6.89. The van der Waals surface area contributed by atoms with Gasteiger partial charge < -0.3 is 20.7 Å². The molecule has 1 aliphatic rings. The topological polar surface area (TPSA) is 105 Å². The Bertz CT molecular complexity index is 725. The molecule has 0 saturated carbocycles. The van der Waals surface area contributed by atoms with Crippen LogP contribution in [0.25, 0.3) is 0 Å². The molecule has 1 fully saturated rings. The zero-order chi connectivity index (χ0) is 20.1. The Morgan fingerprint density at radius 1 is 1.41 bits per heavy atom. The first-order valence-electron chi connectivity index (χ1n) is 8.68. The zero-order valence-electron chi connectivity index (χ0n) is 15.7. The summed E-state index contributed by atoms with van der Waals surface area (Å²) in [6, 6.07) is 2.82.